The molecule has 0 unspecified atom stereocenters. The third kappa shape index (κ3) is 2.48. The van der Waals surface area contributed by atoms with Crippen LogP contribution in [-0.4, -0.2) is 20.8 Å². The van der Waals surface area contributed by atoms with Crippen LogP contribution in [-0.2, 0) is 0 Å². The van der Waals surface area contributed by atoms with Gasteiger partial charge >= 0.3 is 11.6 Å². The van der Waals surface area contributed by atoms with Gasteiger partial charge in [0.25, 0.3) is 0 Å². The molecular weight excluding hydrogens is 212 g/mol. The number of ether oxygens (including phenoxy) is 1. The predicted octanol–water partition coefficient (Wildman–Crippen LogP) is 1.66. The van der Waals surface area contributed by atoms with Gasteiger partial charge in [-0.2, -0.15) is 5.26 Å². The topological polar surface area (TPSA) is 94.0 Å². The Labute approximate surface area is 92.4 Å². The number of nitrogens with zero attached hydrogens (tertiary/aromatic N) is 4. The largest absolute Gasteiger partial charge is 0.469 e. The molecule has 0 saturated heterocycles. The van der Waals surface area contributed by atoms with Crippen LogP contribution in [0.4, 0.5) is 5.69 Å². The van der Waals surface area contributed by atoms with Crippen molar-refractivity contribution in [1.29, 1.82) is 5.26 Å². The highest BCUT2D eigenvalue weighted by molar-refractivity contribution is 5.38. The maximum atomic E-state index is 10.7. The van der Waals surface area contributed by atoms with Crippen LogP contribution < -0.4 is 4.74 Å². The van der Waals surface area contributed by atoms with Gasteiger partial charge in [0.15, 0.2) is 0 Å². The zero-order chi connectivity index (χ0) is 12.3. The van der Waals surface area contributed by atoms with Gasteiger partial charge in [-0.15, -0.1) is 5.10 Å². The van der Waals surface area contributed by atoms with Gasteiger partial charge < -0.3 is 4.74 Å². The number of hydrogen-bond donors (Lipinski definition) is 0. The minimum absolute atomic E-state index is 0.0536. The Morgan fingerprint density at radius 2 is 2.25 bits per heavy atom. The van der Waals surface area contributed by atoms with Gasteiger partial charge in [0.1, 0.15) is 12.2 Å². The number of aromatic nitrogens is 2. The SMILES string of the molecule is CC(C)Oc1nn([C@H](C)C#N)cc1[N+](=O)[O-]. The molecule has 16 heavy (non-hydrogen) atoms. The van der Waals surface area contributed by atoms with Gasteiger partial charge in [0.05, 0.1) is 17.1 Å². The molecule has 0 fully saturated rings. The monoisotopic (exact) mass is 224 g/mol. The molecule has 0 spiro atoms. The van der Waals surface area contributed by atoms with Crippen LogP contribution in [0.5, 0.6) is 5.88 Å². The molecule has 0 aliphatic carbocycles. The summed E-state index contributed by atoms with van der Waals surface area (Å²) in [6.07, 6.45) is 0.991. The highest BCUT2D eigenvalue weighted by Gasteiger charge is 2.23. The van der Waals surface area contributed by atoms with E-state index in [-0.39, 0.29) is 17.7 Å². The number of rotatable bonds is 4. The van der Waals surface area contributed by atoms with Crippen LogP contribution in [0.2, 0.25) is 0 Å². The Morgan fingerprint density at radius 3 is 2.69 bits per heavy atom. The average Bonchev–Trinajstić information content (AvgIpc) is 2.59. The number of nitro groups is 1. The highest BCUT2D eigenvalue weighted by Crippen LogP contribution is 2.27. The molecule has 1 aromatic rings. The molecule has 0 aliphatic rings. The lowest BCUT2D eigenvalue weighted by molar-refractivity contribution is -0.386. The Hall–Kier alpha value is -2.10. The van der Waals surface area contributed by atoms with Crippen LogP contribution in [0.15, 0.2) is 6.20 Å². The Kier molecular flexibility index (Phi) is 3.45. The van der Waals surface area contributed by atoms with E-state index in [1.807, 2.05) is 6.07 Å². The molecule has 7 nitrogen and oxygen atoms in total. The number of hydrogen-bond acceptors (Lipinski definition) is 5. The second kappa shape index (κ2) is 4.61. The predicted molar refractivity (Wildman–Crippen MR) is 55.0 cm³/mol. The van der Waals surface area contributed by atoms with Crippen LogP contribution in [0.3, 0.4) is 0 Å². The molecule has 7 heteroatoms. The lowest BCUT2D eigenvalue weighted by Gasteiger charge is -2.05. The van der Waals surface area contributed by atoms with E-state index in [9.17, 15) is 10.1 Å². The minimum Gasteiger partial charge on any atom is -0.469 e. The maximum absolute atomic E-state index is 10.7. The normalized spacial score (nSPS) is 12.2. The molecule has 0 aromatic carbocycles. The molecule has 86 valence electrons. The van der Waals surface area contributed by atoms with E-state index in [1.165, 1.54) is 10.9 Å². The molecule has 0 aliphatic heterocycles. The molecule has 0 bridgehead atoms. The van der Waals surface area contributed by atoms with Crippen LogP contribution in [0.25, 0.3) is 0 Å². The number of nitriles is 1. The van der Waals surface area contributed by atoms with Crippen LogP contribution >= 0.6 is 0 Å². The fourth-order valence-electron chi connectivity index (χ4n) is 1.06. The van der Waals surface area contributed by atoms with Crippen LogP contribution in [0, 0.1) is 21.4 Å². The van der Waals surface area contributed by atoms with Crippen LogP contribution in [0.1, 0.15) is 26.8 Å². The van der Waals surface area contributed by atoms with E-state index >= 15 is 0 Å². The Morgan fingerprint density at radius 1 is 1.62 bits per heavy atom. The molecule has 1 atom stereocenters. The molecule has 0 radical (unpaired) electrons. The summed E-state index contributed by atoms with van der Waals surface area (Å²) in [4.78, 5) is 10.1. The van der Waals surface area contributed by atoms with Crippen molar-refractivity contribution in [3.8, 4) is 11.9 Å². The van der Waals surface area contributed by atoms with Gasteiger partial charge in [-0.1, -0.05) is 0 Å². The Balaban J connectivity index is 3.11. The first-order valence-electron chi connectivity index (χ1n) is 4.75. The van der Waals surface area contributed by atoms with Crippen molar-refractivity contribution in [2.75, 3.05) is 0 Å². The van der Waals surface area contributed by atoms with Gasteiger partial charge in [0, 0.05) is 0 Å². The first-order valence-corrected chi connectivity index (χ1v) is 4.75. The first kappa shape index (κ1) is 12.0. The quantitative estimate of drug-likeness (QED) is 0.572. The first-order chi connectivity index (χ1) is 7.45. The summed E-state index contributed by atoms with van der Waals surface area (Å²) >= 11 is 0. The molecule has 1 aromatic heterocycles. The Bertz CT molecular complexity index is 432. The van der Waals surface area contributed by atoms with Crippen molar-refractivity contribution in [2.45, 2.75) is 32.9 Å². The zero-order valence-corrected chi connectivity index (χ0v) is 9.25. The fraction of sp³-hybridized carbons (Fsp3) is 0.556. The van der Waals surface area contributed by atoms with Crippen molar-refractivity contribution in [1.82, 2.24) is 9.78 Å². The van der Waals surface area contributed by atoms with Crippen molar-refractivity contribution < 1.29 is 9.66 Å². The van der Waals surface area contributed by atoms with Crippen molar-refractivity contribution in [3.63, 3.8) is 0 Å². The third-order valence-electron chi connectivity index (χ3n) is 1.81. The summed E-state index contributed by atoms with van der Waals surface area (Å²) in [7, 11) is 0. The third-order valence-corrected chi connectivity index (χ3v) is 1.81. The summed E-state index contributed by atoms with van der Waals surface area (Å²) in [6, 6.07) is 1.37. The second-order valence-electron chi connectivity index (χ2n) is 3.53. The lowest BCUT2D eigenvalue weighted by Crippen LogP contribution is -2.08. The molecule has 0 saturated carbocycles. The fourth-order valence-corrected chi connectivity index (χ4v) is 1.06. The van der Waals surface area contributed by atoms with E-state index in [2.05, 4.69) is 5.10 Å². The molecule has 1 heterocycles. The summed E-state index contributed by atoms with van der Waals surface area (Å²) < 4.78 is 6.42. The van der Waals surface area contributed by atoms with Crippen molar-refractivity contribution >= 4 is 5.69 Å². The maximum Gasteiger partial charge on any atom is 0.350 e. The van der Waals surface area contributed by atoms with Crippen molar-refractivity contribution in [2.24, 2.45) is 0 Å². The van der Waals surface area contributed by atoms with Gasteiger partial charge in [-0.25, -0.2) is 4.68 Å². The summed E-state index contributed by atoms with van der Waals surface area (Å²) in [5.74, 6) is -0.0536. The van der Waals surface area contributed by atoms with Gasteiger partial charge in [0.2, 0.25) is 0 Å². The zero-order valence-electron chi connectivity index (χ0n) is 9.25. The molecule has 0 amide bonds. The molecule has 1 rings (SSSR count). The van der Waals surface area contributed by atoms with E-state index < -0.39 is 11.0 Å². The highest BCUT2D eigenvalue weighted by atomic mass is 16.6. The standard InChI is InChI=1S/C9H12N4O3/c1-6(2)16-9-8(13(14)15)5-12(11-9)7(3)4-10/h5-7H,1-3H3/t7-/m1/s1. The van der Waals surface area contributed by atoms with E-state index in [0.29, 0.717) is 0 Å². The minimum atomic E-state index is -0.578. The molecular formula is C9H12N4O3. The lowest BCUT2D eigenvalue weighted by atomic mass is 10.4. The smallest absolute Gasteiger partial charge is 0.350 e. The summed E-state index contributed by atoms with van der Waals surface area (Å²) in [5, 5.41) is 23.3. The van der Waals surface area contributed by atoms with E-state index in [1.54, 1.807) is 20.8 Å². The van der Waals surface area contributed by atoms with Gasteiger partial charge in [-0.05, 0) is 20.8 Å². The second-order valence-corrected chi connectivity index (χ2v) is 3.53. The molecule has 0 N–H and O–H groups in total. The average molecular weight is 224 g/mol. The van der Waals surface area contributed by atoms with Gasteiger partial charge in [-0.3, -0.25) is 10.1 Å². The van der Waals surface area contributed by atoms with E-state index in [0.717, 1.165) is 0 Å². The summed E-state index contributed by atoms with van der Waals surface area (Å²) in [5.41, 5.74) is -0.226. The van der Waals surface area contributed by atoms with E-state index in [4.69, 9.17) is 10.00 Å². The summed E-state index contributed by atoms with van der Waals surface area (Å²) in [6.45, 7) is 5.09. The van der Waals surface area contributed by atoms with Crippen molar-refractivity contribution in [3.05, 3.63) is 16.3 Å².